The van der Waals surface area contributed by atoms with Crippen molar-refractivity contribution in [2.24, 2.45) is 5.73 Å². The molecule has 0 aliphatic carbocycles. The second kappa shape index (κ2) is 6.55. The lowest BCUT2D eigenvalue weighted by atomic mass is 10.1. The highest BCUT2D eigenvalue weighted by Gasteiger charge is 2.09. The molecule has 0 saturated carbocycles. The zero-order valence-electron chi connectivity index (χ0n) is 11.6. The maximum Gasteiger partial charge on any atom is 0.191 e. The van der Waals surface area contributed by atoms with Crippen molar-refractivity contribution in [3.8, 4) is 6.07 Å². The maximum absolute atomic E-state index is 8.87. The van der Waals surface area contributed by atoms with Gasteiger partial charge in [0.15, 0.2) is 5.16 Å². The van der Waals surface area contributed by atoms with Gasteiger partial charge in [0.05, 0.1) is 11.6 Å². The molecule has 0 fully saturated rings. The molecule has 5 nitrogen and oxygen atoms in total. The zero-order chi connectivity index (χ0) is 14.5. The Labute approximate surface area is 122 Å². The predicted octanol–water partition coefficient (Wildman–Crippen LogP) is 2.02. The number of hydrogen-bond donors (Lipinski definition) is 1. The SMILES string of the molecule is Cc1cc(C#N)ccc1CSc1nnc(C)n1CCN. The molecule has 2 N–H and O–H groups in total. The maximum atomic E-state index is 8.87. The van der Waals surface area contributed by atoms with Gasteiger partial charge in [-0.3, -0.25) is 0 Å². The van der Waals surface area contributed by atoms with E-state index in [0.29, 0.717) is 12.1 Å². The van der Waals surface area contributed by atoms with Crippen LogP contribution in [-0.4, -0.2) is 21.3 Å². The van der Waals surface area contributed by atoms with Crippen LogP contribution >= 0.6 is 11.8 Å². The molecule has 0 spiro atoms. The minimum atomic E-state index is 0.572. The molecule has 1 aromatic carbocycles. The van der Waals surface area contributed by atoms with Gasteiger partial charge in [0.1, 0.15) is 5.82 Å². The van der Waals surface area contributed by atoms with Gasteiger partial charge in [-0.15, -0.1) is 10.2 Å². The zero-order valence-corrected chi connectivity index (χ0v) is 12.4. The van der Waals surface area contributed by atoms with E-state index in [0.717, 1.165) is 28.8 Å². The molecule has 0 unspecified atom stereocenters. The lowest BCUT2D eigenvalue weighted by Gasteiger charge is -2.08. The third-order valence-electron chi connectivity index (χ3n) is 3.08. The van der Waals surface area contributed by atoms with Crippen molar-refractivity contribution in [2.75, 3.05) is 6.54 Å². The van der Waals surface area contributed by atoms with Crippen molar-refractivity contribution >= 4 is 11.8 Å². The molecular formula is C14H17N5S. The Hall–Kier alpha value is -1.84. The molecule has 0 aliphatic rings. The first-order chi connectivity index (χ1) is 9.65. The van der Waals surface area contributed by atoms with Gasteiger partial charge in [-0.2, -0.15) is 5.26 Å². The molecule has 2 aromatic rings. The summed E-state index contributed by atoms with van der Waals surface area (Å²) in [4.78, 5) is 0. The Kier molecular flexibility index (Phi) is 4.77. The van der Waals surface area contributed by atoms with Crippen molar-refractivity contribution in [2.45, 2.75) is 31.3 Å². The lowest BCUT2D eigenvalue weighted by Crippen LogP contribution is -2.12. The monoisotopic (exact) mass is 287 g/mol. The first kappa shape index (κ1) is 14.6. The Morgan fingerprint density at radius 3 is 2.80 bits per heavy atom. The third kappa shape index (κ3) is 3.18. The third-order valence-corrected chi connectivity index (χ3v) is 4.10. The summed E-state index contributed by atoms with van der Waals surface area (Å²) in [5.74, 6) is 1.69. The number of aromatic nitrogens is 3. The topological polar surface area (TPSA) is 80.5 Å². The fraction of sp³-hybridized carbons (Fsp3) is 0.357. The molecule has 0 saturated heterocycles. The molecule has 0 radical (unpaired) electrons. The fourth-order valence-electron chi connectivity index (χ4n) is 1.92. The largest absolute Gasteiger partial charge is 0.329 e. The molecule has 2 rings (SSSR count). The van der Waals surface area contributed by atoms with E-state index in [-0.39, 0.29) is 0 Å². The number of nitrogens with two attached hydrogens (primary N) is 1. The van der Waals surface area contributed by atoms with Crippen LogP contribution in [0.25, 0.3) is 0 Å². The minimum Gasteiger partial charge on any atom is -0.329 e. The lowest BCUT2D eigenvalue weighted by molar-refractivity contribution is 0.627. The number of benzene rings is 1. The number of hydrogen-bond acceptors (Lipinski definition) is 5. The smallest absolute Gasteiger partial charge is 0.191 e. The van der Waals surface area contributed by atoms with Crippen molar-refractivity contribution in [3.05, 3.63) is 40.7 Å². The summed E-state index contributed by atoms with van der Waals surface area (Å²) < 4.78 is 2.03. The highest BCUT2D eigenvalue weighted by atomic mass is 32.2. The normalized spacial score (nSPS) is 10.5. The van der Waals surface area contributed by atoms with Crippen LogP contribution in [-0.2, 0) is 12.3 Å². The molecule has 1 heterocycles. The molecule has 0 aliphatic heterocycles. The van der Waals surface area contributed by atoms with Crippen LogP contribution in [0.1, 0.15) is 22.5 Å². The minimum absolute atomic E-state index is 0.572. The number of aryl methyl sites for hydroxylation is 2. The van der Waals surface area contributed by atoms with E-state index < -0.39 is 0 Å². The fourth-order valence-corrected chi connectivity index (χ4v) is 3.01. The number of nitrogens with zero attached hydrogens (tertiary/aromatic N) is 4. The summed E-state index contributed by atoms with van der Waals surface area (Å²) >= 11 is 1.64. The van der Waals surface area contributed by atoms with Crippen LogP contribution in [0.15, 0.2) is 23.4 Å². The molecule has 1 aromatic heterocycles. The Bertz CT molecular complexity index is 641. The van der Waals surface area contributed by atoms with Crippen LogP contribution in [0.4, 0.5) is 0 Å². The summed E-state index contributed by atoms with van der Waals surface area (Å²) in [6.45, 7) is 5.25. The summed E-state index contributed by atoms with van der Waals surface area (Å²) in [5, 5.41) is 18.0. The summed E-state index contributed by atoms with van der Waals surface area (Å²) in [6, 6.07) is 7.90. The average molecular weight is 287 g/mol. The van der Waals surface area contributed by atoms with Crippen LogP contribution in [0.2, 0.25) is 0 Å². The van der Waals surface area contributed by atoms with Crippen LogP contribution in [0.5, 0.6) is 0 Å². The van der Waals surface area contributed by atoms with Gasteiger partial charge in [-0.25, -0.2) is 0 Å². The highest BCUT2D eigenvalue weighted by molar-refractivity contribution is 7.98. The molecule has 20 heavy (non-hydrogen) atoms. The standard InChI is InChI=1S/C14H17N5S/c1-10-7-12(8-16)3-4-13(10)9-20-14-18-17-11(2)19(14)6-5-15/h3-4,7H,5-6,9,15H2,1-2H3. The summed E-state index contributed by atoms with van der Waals surface area (Å²) in [5.41, 5.74) is 8.62. The second-order valence-corrected chi connectivity index (χ2v) is 5.45. The van der Waals surface area contributed by atoms with Crippen molar-refractivity contribution < 1.29 is 0 Å². The predicted molar refractivity (Wildman–Crippen MR) is 79.3 cm³/mol. The van der Waals surface area contributed by atoms with E-state index in [9.17, 15) is 0 Å². The second-order valence-electron chi connectivity index (χ2n) is 4.51. The van der Waals surface area contributed by atoms with E-state index in [1.54, 1.807) is 11.8 Å². The van der Waals surface area contributed by atoms with Gasteiger partial charge in [0, 0.05) is 18.8 Å². The van der Waals surface area contributed by atoms with E-state index >= 15 is 0 Å². The molecule has 0 amide bonds. The summed E-state index contributed by atoms with van der Waals surface area (Å²) in [7, 11) is 0. The quantitative estimate of drug-likeness (QED) is 0.851. The molecule has 0 atom stereocenters. The van der Waals surface area contributed by atoms with Gasteiger partial charge in [-0.05, 0) is 37.1 Å². The Morgan fingerprint density at radius 2 is 2.15 bits per heavy atom. The van der Waals surface area contributed by atoms with Crippen molar-refractivity contribution in [3.63, 3.8) is 0 Å². The van der Waals surface area contributed by atoms with E-state index in [4.69, 9.17) is 11.0 Å². The van der Waals surface area contributed by atoms with Crippen LogP contribution < -0.4 is 5.73 Å². The Morgan fingerprint density at radius 1 is 1.35 bits per heavy atom. The molecular weight excluding hydrogens is 270 g/mol. The van der Waals surface area contributed by atoms with E-state index in [1.165, 1.54) is 5.56 Å². The van der Waals surface area contributed by atoms with Gasteiger partial charge < -0.3 is 10.3 Å². The van der Waals surface area contributed by atoms with Gasteiger partial charge in [0.25, 0.3) is 0 Å². The number of nitriles is 1. The first-order valence-corrected chi connectivity index (χ1v) is 7.36. The average Bonchev–Trinajstić information content (AvgIpc) is 2.79. The van der Waals surface area contributed by atoms with Gasteiger partial charge in [-0.1, -0.05) is 17.8 Å². The van der Waals surface area contributed by atoms with Crippen LogP contribution in [0, 0.1) is 25.2 Å². The van der Waals surface area contributed by atoms with Gasteiger partial charge >= 0.3 is 0 Å². The van der Waals surface area contributed by atoms with E-state index in [2.05, 4.69) is 16.3 Å². The van der Waals surface area contributed by atoms with Crippen molar-refractivity contribution in [1.82, 2.24) is 14.8 Å². The van der Waals surface area contributed by atoms with E-state index in [1.807, 2.05) is 36.6 Å². The summed E-state index contributed by atoms with van der Waals surface area (Å²) in [6.07, 6.45) is 0. The van der Waals surface area contributed by atoms with Crippen LogP contribution in [0.3, 0.4) is 0 Å². The number of thioether (sulfide) groups is 1. The molecule has 104 valence electrons. The highest BCUT2D eigenvalue weighted by Crippen LogP contribution is 2.24. The molecule has 6 heteroatoms. The molecule has 0 bridgehead atoms. The van der Waals surface area contributed by atoms with Crippen molar-refractivity contribution in [1.29, 1.82) is 5.26 Å². The van der Waals surface area contributed by atoms with Gasteiger partial charge in [0.2, 0.25) is 0 Å². The number of rotatable bonds is 5. The Balaban J connectivity index is 2.11. The first-order valence-electron chi connectivity index (χ1n) is 6.38.